The Labute approximate surface area is 138 Å². The van der Waals surface area contributed by atoms with Gasteiger partial charge in [0.1, 0.15) is 12.1 Å². The Morgan fingerprint density at radius 1 is 1.42 bits per heavy atom. The molecule has 2 N–H and O–H groups in total. The maximum absolute atomic E-state index is 12.1. The fourth-order valence-corrected chi connectivity index (χ4v) is 2.81. The molecule has 126 valence electrons. The molecule has 24 heavy (non-hydrogen) atoms. The van der Waals surface area contributed by atoms with E-state index in [2.05, 4.69) is 10.6 Å². The minimum Gasteiger partial charge on any atom is -0.465 e. The van der Waals surface area contributed by atoms with Gasteiger partial charge in [-0.1, -0.05) is 0 Å². The highest BCUT2D eigenvalue weighted by atomic mass is 16.5. The lowest BCUT2D eigenvalue weighted by atomic mass is 9.90. The van der Waals surface area contributed by atoms with Crippen LogP contribution in [0, 0.1) is 0 Å². The van der Waals surface area contributed by atoms with Gasteiger partial charge in [-0.25, -0.2) is 0 Å². The van der Waals surface area contributed by atoms with Crippen LogP contribution in [-0.2, 0) is 19.1 Å². The third kappa shape index (κ3) is 3.24. The molecule has 1 unspecified atom stereocenters. The fraction of sp³-hybridized carbons (Fsp3) is 0.353. The molecule has 2 heterocycles. The number of hydrogen-bond donors (Lipinski definition) is 2. The zero-order valence-corrected chi connectivity index (χ0v) is 13.3. The molecule has 0 bridgehead atoms. The summed E-state index contributed by atoms with van der Waals surface area (Å²) in [7, 11) is 0. The minimum absolute atomic E-state index is 0.0605. The highest BCUT2D eigenvalue weighted by molar-refractivity contribution is 6.03. The van der Waals surface area contributed by atoms with Crippen LogP contribution in [0.4, 0.5) is 5.69 Å². The van der Waals surface area contributed by atoms with E-state index >= 15 is 0 Å². The lowest BCUT2D eigenvalue weighted by Gasteiger charge is -2.20. The van der Waals surface area contributed by atoms with Gasteiger partial charge in [0.25, 0.3) is 0 Å². The first-order valence-corrected chi connectivity index (χ1v) is 7.83. The van der Waals surface area contributed by atoms with Crippen LogP contribution in [0.1, 0.15) is 31.2 Å². The molecule has 7 nitrogen and oxygen atoms in total. The first kappa shape index (κ1) is 16.0. The molecule has 2 aromatic rings. The summed E-state index contributed by atoms with van der Waals surface area (Å²) in [6.07, 6.45) is 2.32. The van der Waals surface area contributed by atoms with E-state index < -0.39 is 5.92 Å². The highest BCUT2D eigenvalue weighted by Gasteiger charge is 2.30. The van der Waals surface area contributed by atoms with E-state index in [1.807, 2.05) is 6.07 Å². The molecule has 1 atom stereocenters. The molecule has 0 radical (unpaired) electrons. The number of amides is 2. The van der Waals surface area contributed by atoms with Crippen LogP contribution < -0.4 is 10.6 Å². The quantitative estimate of drug-likeness (QED) is 0.642. The third-order valence-electron chi connectivity index (χ3n) is 3.96. The Morgan fingerprint density at radius 3 is 3.00 bits per heavy atom. The van der Waals surface area contributed by atoms with E-state index in [1.54, 1.807) is 25.3 Å². The molecule has 7 heteroatoms. The largest absolute Gasteiger partial charge is 0.465 e. The van der Waals surface area contributed by atoms with Gasteiger partial charge in [-0.15, -0.1) is 0 Å². The summed E-state index contributed by atoms with van der Waals surface area (Å²) in [6.45, 7) is 2.15. The van der Waals surface area contributed by atoms with Crippen molar-refractivity contribution in [3.63, 3.8) is 0 Å². The molecule has 0 saturated carbocycles. The number of carbonyl (C=O) groups excluding carboxylic acids is 3. The smallest absolute Gasteiger partial charge is 0.325 e. The molecule has 1 aromatic heterocycles. The van der Waals surface area contributed by atoms with Gasteiger partial charge in [0.05, 0.1) is 18.8 Å². The molecule has 0 spiro atoms. The molecule has 2 amide bonds. The monoisotopic (exact) mass is 330 g/mol. The molecule has 1 saturated heterocycles. The van der Waals surface area contributed by atoms with Crippen molar-refractivity contribution in [2.45, 2.75) is 25.7 Å². The van der Waals surface area contributed by atoms with E-state index in [4.69, 9.17) is 9.15 Å². The minimum atomic E-state index is -0.413. The predicted octanol–water partition coefficient (Wildman–Crippen LogP) is 1.93. The maximum atomic E-state index is 12.1. The topological polar surface area (TPSA) is 97.6 Å². The summed E-state index contributed by atoms with van der Waals surface area (Å²) < 4.78 is 10.4. The zero-order valence-electron chi connectivity index (χ0n) is 13.3. The number of nitrogens with one attached hydrogen (secondary N) is 2. The highest BCUT2D eigenvalue weighted by Crippen LogP contribution is 2.33. The van der Waals surface area contributed by atoms with Gasteiger partial charge in [-0.05, 0) is 31.5 Å². The van der Waals surface area contributed by atoms with Crippen molar-refractivity contribution in [1.82, 2.24) is 5.32 Å². The lowest BCUT2D eigenvalue weighted by molar-refractivity contribution is -0.141. The van der Waals surface area contributed by atoms with Crippen LogP contribution in [0.25, 0.3) is 11.0 Å². The first-order chi connectivity index (χ1) is 11.6. The standard InChI is InChI=1S/C17H18N2O5/c1-2-23-16(21)8-18-10-3-5-14-12(7-10)13(9-24-14)11-4-6-15(20)19-17(11)22/h3,5,7,9,11,18H,2,4,6,8H2,1H3,(H,19,20,22). The molecular weight excluding hydrogens is 312 g/mol. The fourth-order valence-electron chi connectivity index (χ4n) is 2.81. The van der Waals surface area contributed by atoms with Gasteiger partial charge in [0, 0.05) is 23.1 Å². The SMILES string of the molecule is CCOC(=O)CNc1ccc2occ(C3CCC(=O)NC3=O)c2c1. The number of fused-ring (bicyclic) bond motifs is 1. The van der Waals surface area contributed by atoms with Crippen LogP contribution in [0.2, 0.25) is 0 Å². The van der Waals surface area contributed by atoms with Crippen molar-refractivity contribution in [2.24, 2.45) is 0 Å². The van der Waals surface area contributed by atoms with Crippen LogP contribution >= 0.6 is 0 Å². The van der Waals surface area contributed by atoms with E-state index in [9.17, 15) is 14.4 Å². The summed E-state index contributed by atoms with van der Waals surface area (Å²) in [4.78, 5) is 34.8. The molecule has 0 aliphatic carbocycles. The van der Waals surface area contributed by atoms with Crippen molar-refractivity contribution >= 4 is 34.4 Å². The van der Waals surface area contributed by atoms with Gasteiger partial charge in [0.2, 0.25) is 11.8 Å². The number of furan rings is 1. The van der Waals surface area contributed by atoms with Crippen molar-refractivity contribution in [3.05, 3.63) is 30.0 Å². The average Bonchev–Trinajstić information content (AvgIpc) is 2.96. The van der Waals surface area contributed by atoms with Crippen LogP contribution in [0.5, 0.6) is 0 Å². The Hall–Kier alpha value is -2.83. The number of imide groups is 1. The Kier molecular flexibility index (Phi) is 4.50. The Balaban J connectivity index is 1.82. The van der Waals surface area contributed by atoms with Crippen molar-refractivity contribution in [2.75, 3.05) is 18.5 Å². The predicted molar refractivity (Wildman–Crippen MR) is 86.5 cm³/mol. The second kappa shape index (κ2) is 6.74. The zero-order chi connectivity index (χ0) is 17.1. The molecule has 3 rings (SSSR count). The van der Waals surface area contributed by atoms with Crippen molar-refractivity contribution < 1.29 is 23.5 Å². The number of anilines is 1. The van der Waals surface area contributed by atoms with E-state index in [0.29, 0.717) is 25.0 Å². The number of hydrogen-bond acceptors (Lipinski definition) is 6. The number of piperidine rings is 1. The second-order valence-corrected chi connectivity index (χ2v) is 5.56. The molecule has 1 aromatic carbocycles. The van der Waals surface area contributed by atoms with Crippen LogP contribution in [-0.4, -0.2) is 30.9 Å². The van der Waals surface area contributed by atoms with Crippen LogP contribution in [0.3, 0.4) is 0 Å². The number of ether oxygens (including phenoxy) is 1. The third-order valence-corrected chi connectivity index (χ3v) is 3.96. The summed E-state index contributed by atoms with van der Waals surface area (Å²) in [5.41, 5.74) is 2.12. The van der Waals surface area contributed by atoms with Crippen molar-refractivity contribution in [1.29, 1.82) is 0 Å². The van der Waals surface area contributed by atoms with E-state index in [0.717, 1.165) is 16.6 Å². The molecule has 1 fully saturated rings. The van der Waals surface area contributed by atoms with Crippen molar-refractivity contribution in [3.8, 4) is 0 Å². The number of carbonyl (C=O) groups is 3. The normalized spacial score (nSPS) is 17.6. The van der Waals surface area contributed by atoms with Gasteiger partial charge in [-0.3, -0.25) is 19.7 Å². The number of esters is 1. The average molecular weight is 330 g/mol. The summed E-state index contributed by atoms with van der Waals surface area (Å²) in [5, 5.41) is 6.13. The Bertz CT molecular complexity index is 795. The summed E-state index contributed by atoms with van der Waals surface area (Å²) in [6, 6.07) is 5.40. The van der Waals surface area contributed by atoms with Gasteiger partial charge < -0.3 is 14.5 Å². The maximum Gasteiger partial charge on any atom is 0.325 e. The summed E-state index contributed by atoms with van der Waals surface area (Å²) >= 11 is 0. The Morgan fingerprint density at radius 2 is 2.25 bits per heavy atom. The summed E-state index contributed by atoms with van der Waals surface area (Å²) in [5.74, 6) is -1.31. The number of benzene rings is 1. The number of rotatable bonds is 5. The van der Waals surface area contributed by atoms with E-state index in [1.165, 1.54) is 0 Å². The second-order valence-electron chi connectivity index (χ2n) is 5.56. The van der Waals surface area contributed by atoms with Gasteiger partial charge in [-0.2, -0.15) is 0 Å². The molecular formula is C17H18N2O5. The molecule has 1 aliphatic rings. The van der Waals surface area contributed by atoms with E-state index in [-0.39, 0.29) is 24.3 Å². The van der Waals surface area contributed by atoms with Gasteiger partial charge >= 0.3 is 5.97 Å². The lowest BCUT2D eigenvalue weighted by Crippen LogP contribution is -2.39. The first-order valence-electron chi connectivity index (χ1n) is 7.83. The molecule has 1 aliphatic heterocycles. The van der Waals surface area contributed by atoms with Crippen LogP contribution in [0.15, 0.2) is 28.9 Å². The van der Waals surface area contributed by atoms with Gasteiger partial charge in [0.15, 0.2) is 0 Å².